The van der Waals surface area contributed by atoms with Crippen molar-refractivity contribution in [2.45, 2.75) is 19.8 Å². The van der Waals surface area contributed by atoms with E-state index < -0.39 is 0 Å². The van der Waals surface area contributed by atoms with Crippen molar-refractivity contribution in [3.05, 3.63) is 46.5 Å². The number of amides is 1. The fourth-order valence-electron chi connectivity index (χ4n) is 2.48. The minimum Gasteiger partial charge on any atom is -0.397 e. The minimum atomic E-state index is 0.0344. The lowest BCUT2D eigenvalue weighted by atomic mass is 10.0. The average Bonchev–Trinajstić information content (AvgIpc) is 2.44. The third kappa shape index (κ3) is 2.67. The van der Waals surface area contributed by atoms with E-state index in [-0.39, 0.29) is 5.91 Å². The van der Waals surface area contributed by atoms with Crippen LogP contribution in [0, 0.1) is 6.92 Å². The van der Waals surface area contributed by atoms with Crippen LogP contribution in [0.15, 0.2) is 30.3 Å². The van der Waals surface area contributed by atoms with Crippen LogP contribution in [0.2, 0.25) is 5.02 Å². The van der Waals surface area contributed by atoms with Gasteiger partial charge in [-0.15, -0.1) is 0 Å². The maximum absolute atomic E-state index is 11.5. The summed E-state index contributed by atoms with van der Waals surface area (Å²) >= 11 is 6.23. The zero-order valence-electron chi connectivity index (χ0n) is 11.7. The number of anilines is 4. The molecule has 2 aromatic carbocycles. The summed E-state index contributed by atoms with van der Waals surface area (Å²) in [6.07, 6.45) is 1.22. The van der Waals surface area contributed by atoms with Gasteiger partial charge in [0, 0.05) is 12.1 Å². The van der Waals surface area contributed by atoms with Crippen molar-refractivity contribution in [1.29, 1.82) is 0 Å². The zero-order valence-corrected chi connectivity index (χ0v) is 12.4. The normalized spacial score (nSPS) is 13.5. The molecule has 0 saturated heterocycles. The molecule has 0 aromatic heterocycles. The van der Waals surface area contributed by atoms with Crippen LogP contribution in [0.5, 0.6) is 0 Å². The van der Waals surface area contributed by atoms with E-state index in [9.17, 15) is 4.79 Å². The number of nitrogen functional groups attached to an aromatic ring is 1. The second-order valence-electron chi connectivity index (χ2n) is 5.20. The van der Waals surface area contributed by atoms with E-state index in [1.54, 1.807) is 0 Å². The lowest BCUT2D eigenvalue weighted by Gasteiger charge is -2.20. The molecule has 0 bridgehead atoms. The van der Waals surface area contributed by atoms with Crippen LogP contribution < -0.4 is 16.4 Å². The average molecular weight is 302 g/mol. The Labute approximate surface area is 128 Å². The highest BCUT2D eigenvalue weighted by molar-refractivity contribution is 6.33. The van der Waals surface area contributed by atoms with Gasteiger partial charge in [-0.1, -0.05) is 23.7 Å². The monoisotopic (exact) mass is 301 g/mol. The number of hydrogen-bond acceptors (Lipinski definition) is 3. The van der Waals surface area contributed by atoms with E-state index in [4.69, 9.17) is 17.3 Å². The van der Waals surface area contributed by atoms with Gasteiger partial charge in [0.05, 0.1) is 22.1 Å². The van der Waals surface area contributed by atoms with Crippen molar-refractivity contribution < 1.29 is 4.79 Å². The maximum Gasteiger partial charge on any atom is 0.224 e. The van der Waals surface area contributed by atoms with Crippen LogP contribution >= 0.6 is 11.6 Å². The first-order chi connectivity index (χ1) is 10.0. The number of carbonyl (C=O) groups is 1. The fraction of sp³-hybridized carbons (Fsp3) is 0.188. The number of para-hydroxylation sites is 1. The molecule has 21 heavy (non-hydrogen) atoms. The molecular weight excluding hydrogens is 286 g/mol. The Kier molecular flexibility index (Phi) is 3.47. The van der Waals surface area contributed by atoms with Crippen LogP contribution in [-0.2, 0) is 11.2 Å². The minimum absolute atomic E-state index is 0.0344. The summed E-state index contributed by atoms with van der Waals surface area (Å²) in [5.74, 6) is 0.0344. The van der Waals surface area contributed by atoms with E-state index in [0.717, 1.165) is 34.6 Å². The lowest BCUT2D eigenvalue weighted by Crippen LogP contribution is -2.19. The molecule has 0 aliphatic carbocycles. The standard InChI is InChI=1S/C16H16ClN3O/c1-9-3-2-4-11(17)16(9)20-14-8-13-10(7-12(14)18)5-6-15(21)19-13/h2-4,7-8,20H,5-6,18H2,1H3,(H,19,21). The number of rotatable bonds is 2. The second kappa shape index (κ2) is 5.30. The van der Waals surface area contributed by atoms with Crippen LogP contribution in [0.25, 0.3) is 0 Å². The van der Waals surface area contributed by atoms with Gasteiger partial charge in [0.2, 0.25) is 5.91 Å². The molecule has 4 nitrogen and oxygen atoms in total. The van der Waals surface area contributed by atoms with Crippen molar-refractivity contribution in [3.8, 4) is 0 Å². The number of fused-ring (bicyclic) bond motifs is 1. The second-order valence-corrected chi connectivity index (χ2v) is 5.61. The molecule has 108 valence electrons. The maximum atomic E-state index is 11.5. The highest BCUT2D eigenvalue weighted by atomic mass is 35.5. The topological polar surface area (TPSA) is 67.1 Å². The van der Waals surface area contributed by atoms with Crippen LogP contribution in [-0.4, -0.2) is 5.91 Å². The van der Waals surface area contributed by atoms with E-state index in [1.165, 1.54) is 0 Å². The Hall–Kier alpha value is -2.20. The van der Waals surface area contributed by atoms with E-state index >= 15 is 0 Å². The molecule has 0 spiro atoms. The number of halogens is 1. The first-order valence-electron chi connectivity index (χ1n) is 6.79. The smallest absolute Gasteiger partial charge is 0.224 e. The lowest BCUT2D eigenvalue weighted by molar-refractivity contribution is -0.116. The number of carbonyl (C=O) groups excluding carboxylic acids is 1. The summed E-state index contributed by atoms with van der Waals surface area (Å²) in [5.41, 5.74) is 11.2. The third-order valence-electron chi connectivity index (χ3n) is 3.65. The van der Waals surface area contributed by atoms with Gasteiger partial charge in [-0.25, -0.2) is 0 Å². The Bertz CT molecular complexity index is 707. The van der Waals surface area contributed by atoms with Crippen molar-refractivity contribution in [2.75, 3.05) is 16.4 Å². The number of nitrogens with one attached hydrogen (secondary N) is 2. The van der Waals surface area contributed by atoms with Gasteiger partial charge >= 0.3 is 0 Å². The van der Waals surface area contributed by atoms with Gasteiger partial charge in [0.15, 0.2) is 0 Å². The molecule has 1 heterocycles. The molecule has 1 aliphatic rings. The van der Waals surface area contributed by atoms with Gasteiger partial charge in [-0.3, -0.25) is 4.79 Å². The predicted molar refractivity (Wildman–Crippen MR) is 87.3 cm³/mol. The predicted octanol–water partition coefficient (Wildman–Crippen LogP) is 3.86. The van der Waals surface area contributed by atoms with Gasteiger partial charge in [-0.2, -0.15) is 0 Å². The van der Waals surface area contributed by atoms with Crippen LogP contribution in [0.1, 0.15) is 17.5 Å². The number of hydrogen-bond donors (Lipinski definition) is 3. The summed E-state index contributed by atoms with van der Waals surface area (Å²) in [7, 11) is 0. The van der Waals surface area contributed by atoms with Crippen molar-refractivity contribution in [3.63, 3.8) is 0 Å². The van der Waals surface area contributed by atoms with Gasteiger partial charge in [0.1, 0.15) is 0 Å². The van der Waals surface area contributed by atoms with Crippen molar-refractivity contribution in [1.82, 2.24) is 0 Å². The molecular formula is C16H16ClN3O. The molecule has 0 saturated carbocycles. The summed E-state index contributed by atoms with van der Waals surface area (Å²) in [6.45, 7) is 1.98. The van der Waals surface area contributed by atoms with Crippen molar-refractivity contribution >= 4 is 40.3 Å². The summed E-state index contributed by atoms with van der Waals surface area (Å²) in [5, 5.41) is 6.78. The van der Waals surface area contributed by atoms with Gasteiger partial charge in [0.25, 0.3) is 0 Å². The molecule has 4 N–H and O–H groups in total. The molecule has 3 rings (SSSR count). The van der Waals surface area contributed by atoms with Crippen LogP contribution in [0.4, 0.5) is 22.7 Å². The molecule has 0 radical (unpaired) electrons. The largest absolute Gasteiger partial charge is 0.397 e. The van der Waals surface area contributed by atoms with E-state index in [0.29, 0.717) is 17.1 Å². The van der Waals surface area contributed by atoms with Gasteiger partial charge < -0.3 is 16.4 Å². The Morgan fingerprint density at radius 1 is 1.29 bits per heavy atom. The first-order valence-corrected chi connectivity index (χ1v) is 7.17. The number of benzene rings is 2. The number of aryl methyl sites for hydroxylation is 2. The Balaban J connectivity index is 1.99. The number of nitrogens with two attached hydrogens (primary N) is 1. The van der Waals surface area contributed by atoms with E-state index in [1.807, 2.05) is 37.3 Å². The molecule has 1 amide bonds. The molecule has 0 unspecified atom stereocenters. The molecule has 2 aromatic rings. The quantitative estimate of drug-likeness (QED) is 0.738. The summed E-state index contributed by atoms with van der Waals surface area (Å²) in [4.78, 5) is 11.5. The third-order valence-corrected chi connectivity index (χ3v) is 3.97. The Morgan fingerprint density at radius 2 is 2.10 bits per heavy atom. The van der Waals surface area contributed by atoms with Crippen molar-refractivity contribution in [2.24, 2.45) is 0 Å². The van der Waals surface area contributed by atoms with Crippen LogP contribution in [0.3, 0.4) is 0 Å². The highest BCUT2D eigenvalue weighted by Crippen LogP contribution is 2.35. The molecule has 5 heteroatoms. The SMILES string of the molecule is Cc1cccc(Cl)c1Nc1cc2c(cc1N)CCC(=O)N2. The first kappa shape index (κ1) is 13.8. The van der Waals surface area contributed by atoms with Gasteiger partial charge in [-0.05, 0) is 42.7 Å². The fourth-order valence-corrected chi connectivity index (χ4v) is 2.75. The zero-order chi connectivity index (χ0) is 15.0. The summed E-state index contributed by atoms with van der Waals surface area (Å²) in [6, 6.07) is 9.48. The van der Waals surface area contributed by atoms with E-state index in [2.05, 4.69) is 10.6 Å². The molecule has 0 atom stereocenters. The highest BCUT2D eigenvalue weighted by Gasteiger charge is 2.17. The Morgan fingerprint density at radius 3 is 2.86 bits per heavy atom. The molecule has 1 aliphatic heterocycles. The summed E-state index contributed by atoms with van der Waals surface area (Å²) < 4.78 is 0. The molecule has 0 fully saturated rings.